The second kappa shape index (κ2) is 7.43. The van der Waals surface area contributed by atoms with E-state index in [-0.39, 0.29) is 5.69 Å². The Morgan fingerprint density at radius 2 is 2.00 bits per heavy atom. The normalized spacial score (nSPS) is 12.9. The number of primary amides is 1. The number of hydrogen-bond acceptors (Lipinski definition) is 7. The molecule has 9 nitrogen and oxygen atoms in total. The van der Waals surface area contributed by atoms with Gasteiger partial charge < -0.3 is 15.8 Å². The predicted molar refractivity (Wildman–Crippen MR) is 110 cm³/mol. The van der Waals surface area contributed by atoms with Crippen LogP contribution in [-0.2, 0) is 13.0 Å². The molecule has 0 saturated carbocycles. The van der Waals surface area contributed by atoms with Gasteiger partial charge in [-0.3, -0.25) is 4.79 Å². The lowest BCUT2D eigenvalue weighted by molar-refractivity contribution is 0.0993. The predicted octanol–water partition coefficient (Wildman–Crippen LogP) is 2.22. The number of fused-ring (bicyclic) bond motifs is 2. The number of carbonyl (C=O) groups excluding carboxylic acids is 1. The summed E-state index contributed by atoms with van der Waals surface area (Å²) in [5.41, 5.74) is 8.83. The van der Waals surface area contributed by atoms with Gasteiger partial charge in [0, 0.05) is 6.54 Å². The van der Waals surface area contributed by atoms with Crippen LogP contribution in [0.4, 0.5) is 5.82 Å². The van der Waals surface area contributed by atoms with E-state index in [9.17, 15) is 4.79 Å². The number of nitrogens with two attached hydrogens (primary N) is 1. The molecule has 150 valence electrons. The molecule has 1 amide bonds. The van der Waals surface area contributed by atoms with Crippen LogP contribution in [0.1, 0.15) is 28.0 Å². The summed E-state index contributed by atoms with van der Waals surface area (Å²) in [5, 5.41) is 11.7. The lowest BCUT2D eigenvalue weighted by Gasteiger charge is -2.20. The maximum atomic E-state index is 11.7. The van der Waals surface area contributed by atoms with Gasteiger partial charge in [-0.05, 0) is 30.5 Å². The summed E-state index contributed by atoms with van der Waals surface area (Å²) in [7, 11) is 0. The van der Waals surface area contributed by atoms with Gasteiger partial charge in [-0.2, -0.15) is 4.98 Å². The summed E-state index contributed by atoms with van der Waals surface area (Å²) in [6, 6.07) is 15.2. The summed E-state index contributed by atoms with van der Waals surface area (Å²) < 4.78 is 7.21. The second-order valence-corrected chi connectivity index (χ2v) is 6.98. The van der Waals surface area contributed by atoms with Gasteiger partial charge in [0.25, 0.3) is 5.91 Å². The highest BCUT2D eigenvalue weighted by atomic mass is 16.5. The van der Waals surface area contributed by atoms with Crippen LogP contribution >= 0.6 is 0 Å². The molecule has 9 heteroatoms. The maximum absolute atomic E-state index is 11.7. The molecule has 0 aliphatic carbocycles. The highest BCUT2D eigenvalue weighted by Gasteiger charge is 2.23. The molecule has 5 rings (SSSR count). The minimum atomic E-state index is -0.586. The fourth-order valence-electron chi connectivity index (χ4n) is 3.52. The molecule has 3 N–H and O–H groups in total. The Labute approximate surface area is 171 Å². The minimum Gasteiger partial charge on any atom is -0.477 e. The molecule has 0 saturated heterocycles. The van der Waals surface area contributed by atoms with Gasteiger partial charge in [-0.25, -0.2) is 9.50 Å². The molecule has 3 aromatic heterocycles. The van der Waals surface area contributed by atoms with Crippen molar-refractivity contribution in [3.8, 4) is 17.4 Å². The van der Waals surface area contributed by atoms with Crippen molar-refractivity contribution in [2.75, 3.05) is 11.9 Å². The van der Waals surface area contributed by atoms with E-state index in [2.05, 4.69) is 32.7 Å². The summed E-state index contributed by atoms with van der Waals surface area (Å²) in [6.45, 7) is 1.23. The Kier molecular flexibility index (Phi) is 4.47. The van der Waals surface area contributed by atoms with Gasteiger partial charge in [-0.15, -0.1) is 5.10 Å². The first-order valence-electron chi connectivity index (χ1n) is 9.67. The number of rotatable bonds is 5. The zero-order valence-electron chi connectivity index (χ0n) is 16.1. The number of carbonyl (C=O) groups is 1. The summed E-state index contributed by atoms with van der Waals surface area (Å²) in [4.78, 5) is 21.0. The Balaban J connectivity index is 1.58. The minimum absolute atomic E-state index is 0.239. The van der Waals surface area contributed by atoms with E-state index in [0.29, 0.717) is 41.9 Å². The molecule has 30 heavy (non-hydrogen) atoms. The number of aromatic nitrogens is 5. The summed E-state index contributed by atoms with van der Waals surface area (Å²) in [5.74, 6) is 1.06. The van der Waals surface area contributed by atoms with Crippen LogP contribution in [-0.4, -0.2) is 37.3 Å². The lowest BCUT2D eigenvalue weighted by Crippen LogP contribution is -2.16. The quantitative estimate of drug-likeness (QED) is 0.526. The van der Waals surface area contributed by atoms with E-state index in [4.69, 9.17) is 15.5 Å². The van der Waals surface area contributed by atoms with Gasteiger partial charge >= 0.3 is 0 Å². The summed E-state index contributed by atoms with van der Waals surface area (Å²) >= 11 is 0. The average Bonchev–Trinajstić information content (AvgIpc) is 3.22. The first-order valence-corrected chi connectivity index (χ1v) is 9.67. The van der Waals surface area contributed by atoms with Crippen molar-refractivity contribution >= 4 is 17.2 Å². The first kappa shape index (κ1) is 18.0. The number of benzene rings is 1. The molecule has 0 radical (unpaired) electrons. The van der Waals surface area contributed by atoms with Gasteiger partial charge in [0.05, 0.1) is 17.7 Å². The van der Waals surface area contributed by atoms with Crippen molar-refractivity contribution < 1.29 is 9.53 Å². The second-order valence-electron chi connectivity index (χ2n) is 6.98. The molecule has 4 heterocycles. The molecule has 0 unspecified atom stereocenters. The third-order valence-electron chi connectivity index (χ3n) is 4.99. The van der Waals surface area contributed by atoms with E-state index in [1.54, 1.807) is 18.2 Å². The smallest absolute Gasteiger partial charge is 0.267 e. The Morgan fingerprint density at radius 1 is 1.13 bits per heavy atom. The largest absolute Gasteiger partial charge is 0.477 e. The van der Waals surface area contributed by atoms with Gasteiger partial charge in [0.2, 0.25) is 5.88 Å². The monoisotopic (exact) mass is 401 g/mol. The van der Waals surface area contributed by atoms with Crippen molar-refractivity contribution in [1.82, 2.24) is 24.8 Å². The Morgan fingerprint density at radius 3 is 2.83 bits per heavy atom. The standard InChI is InChI=1S/C21H19N7O2/c22-18(29)16-10-4-9-15-17(26-27-28(15)16)20-24-19(14-8-5-11-30-21(14)25-20)23-12-13-6-2-1-3-7-13/h1-4,6-7,9-10H,5,8,11-12H2,(H2,22,29)(H,23,24,25). The molecule has 1 aromatic carbocycles. The molecule has 4 aromatic rings. The zero-order chi connectivity index (χ0) is 20.5. The molecule has 0 atom stereocenters. The number of nitrogens with one attached hydrogen (secondary N) is 1. The number of ether oxygens (including phenoxy) is 1. The van der Waals surface area contributed by atoms with Gasteiger partial charge in [0.15, 0.2) is 11.5 Å². The van der Waals surface area contributed by atoms with Crippen molar-refractivity contribution in [1.29, 1.82) is 0 Å². The van der Waals surface area contributed by atoms with Crippen LogP contribution < -0.4 is 15.8 Å². The van der Waals surface area contributed by atoms with Crippen LogP contribution in [0.3, 0.4) is 0 Å². The van der Waals surface area contributed by atoms with E-state index in [1.807, 2.05) is 18.2 Å². The molecule has 0 bridgehead atoms. The van der Waals surface area contributed by atoms with Crippen LogP contribution in [0.2, 0.25) is 0 Å². The van der Waals surface area contributed by atoms with E-state index >= 15 is 0 Å². The van der Waals surface area contributed by atoms with Crippen molar-refractivity contribution in [3.05, 3.63) is 65.4 Å². The highest BCUT2D eigenvalue weighted by Crippen LogP contribution is 2.32. The number of nitrogens with zero attached hydrogens (tertiary/aromatic N) is 5. The number of amides is 1. The maximum Gasteiger partial charge on any atom is 0.267 e. The SMILES string of the molecule is NC(=O)c1cccc2c(-c3nc(NCc4ccccc4)c4c(n3)OCCC4)nnn12. The van der Waals surface area contributed by atoms with E-state index in [1.165, 1.54) is 4.52 Å². The van der Waals surface area contributed by atoms with Gasteiger partial charge in [0.1, 0.15) is 11.5 Å². The van der Waals surface area contributed by atoms with E-state index in [0.717, 1.165) is 24.0 Å². The number of hydrogen-bond donors (Lipinski definition) is 2. The summed E-state index contributed by atoms with van der Waals surface area (Å²) in [6.07, 6.45) is 1.74. The van der Waals surface area contributed by atoms with Crippen molar-refractivity contribution in [2.24, 2.45) is 5.73 Å². The van der Waals surface area contributed by atoms with Crippen molar-refractivity contribution in [3.63, 3.8) is 0 Å². The fourth-order valence-corrected chi connectivity index (χ4v) is 3.52. The number of pyridine rings is 1. The third-order valence-corrected chi connectivity index (χ3v) is 4.99. The van der Waals surface area contributed by atoms with Crippen molar-refractivity contribution in [2.45, 2.75) is 19.4 Å². The molecular formula is C21H19N7O2. The van der Waals surface area contributed by atoms with Crippen LogP contribution in [0.25, 0.3) is 17.0 Å². The molecule has 1 aliphatic rings. The molecule has 1 aliphatic heterocycles. The molecule has 0 fully saturated rings. The van der Waals surface area contributed by atoms with E-state index < -0.39 is 5.91 Å². The third kappa shape index (κ3) is 3.20. The highest BCUT2D eigenvalue weighted by molar-refractivity contribution is 5.92. The Bertz CT molecular complexity index is 1240. The molecular weight excluding hydrogens is 382 g/mol. The first-order chi connectivity index (χ1) is 14.7. The average molecular weight is 401 g/mol. The molecule has 0 spiro atoms. The van der Waals surface area contributed by atoms with Crippen LogP contribution in [0, 0.1) is 0 Å². The van der Waals surface area contributed by atoms with Crippen LogP contribution in [0.5, 0.6) is 5.88 Å². The number of anilines is 1. The lowest BCUT2D eigenvalue weighted by atomic mass is 10.1. The fraction of sp³-hybridized carbons (Fsp3) is 0.190. The van der Waals surface area contributed by atoms with Crippen LogP contribution in [0.15, 0.2) is 48.5 Å². The topological polar surface area (TPSA) is 120 Å². The zero-order valence-corrected chi connectivity index (χ0v) is 16.1. The Hall–Kier alpha value is -4.01. The van der Waals surface area contributed by atoms with Gasteiger partial charge in [-0.1, -0.05) is 41.6 Å².